The van der Waals surface area contributed by atoms with E-state index >= 15 is 0 Å². The molecule has 0 aromatic rings. The van der Waals surface area contributed by atoms with Crippen molar-refractivity contribution in [2.24, 2.45) is 0 Å². The second-order valence-corrected chi connectivity index (χ2v) is 3.22. The summed E-state index contributed by atoms with van der Waals surface area (Å²) < 4.78 is 9.65. The van der Waals surface area contributed by atoms with Crippen molar-refractivity contribution in [2.45, 2.75) is 19.4 Å². The van der Waals surface area contributed by atoms with E-state index in [1.54, 1.807) is 0 Å². The first-order valence-electron chi connectivity index (χ1n) is 4.86. The van der Waals surface area contributed by atoms with Crippen LogP contribution in [0, 0.1) is 0 Å². The Hall–Kier alpha value is -0.870. The van der Waals surface area contributed by atoms with E-state index in [1.165, 1.54) is 7.11 Å². The van der Waals surface area contributed by atoms with Crippen LogP contribution < -0.4 is 5.32 Å². The van der Waals surface area contributed by atoms with Gasteiger partial charge in [0.15, 0.2) is 0 Å². The van der Waals surface area contributed by atoms with Crippen LogP contribution >= 0.6 is 0 Å². The SMILES string of the molecule is CCC(=CCNC1COC1)C(=O)OC. The van der Waals surface area contributed by atoms with Crippen LogP contribution in [0.3, 0.4) is 0 Å². The molecule has 0 spiro atoms. The molecule has 0 aliphatic carbocycles. The van der Waals surface area contributed by atoms with Gasteiger partial charge in [0.1, 0.15) is 0 Å². The number of ether oxygens (including phenoxy) is 2. The molecule has 1 heterocycles. The molecule has 4 nitrogen and oxygen atoms in total. The molecule has 0 saturated carbocycles. The van der Waals surface area contributed by atoms with E-state index in [4.69, 9.17) is 4.74 Å². The predicted molar refractivity (Wildman–Crippen MR) is 53.0 cm³/mol. The normalized spacial score (nSPS) is 17.7. The molecular formula is C10H17NO3. The quantitative estimate of drug-likeness (QED) is 0.517. The van der Waals surface area contributed by atoms with Crippen molar-refractivity contribution in [3.8, 4) is 0 Å². The minimum Gasteiger partial charge on any atom is -0.466 e. The van der Waals surface area contributed by atoms with Crippen LogP contribution in [0.1, 0.15) is 13.3 Å². The van der Waals surface area contributed by atoms with Gasteiger partial charge in [0.05, 0.1) is 26.4 Å². The summed E-state index contributed by atoms with van der Waals surface area (Å²) in [6, 6.07) is 0.446. The minimum absolute atomic E-state index is 0.237. The van der Waals surface area contributed by atoms with Crippen molar-refractivity contribution < 1.29 is 14.3 Å². The molecule has 0 aromatic carbocycles. The molecule has 0 unspecified atom stereocenters. The lowest BCUT2D eigenvalue weighted by Gasteiger charge is -2.26. The molecule has 1 rings (SSSR count). The Morgan fingerprint density at radius 3 is 2.79 bits per heavy atom. The van der Waals surface area contributed by atoms with Gasteiger partial charge in [-0.2, -0.15) is 0 Å². The number of carbonyl (C=O) groups excluding carboxylic acids is 1. The van der Waals surface area contributed by atoms with E-state index < -0.39 is 0 Å². The van der Waals surface area contributed by atoms with Crippen LogP contribution in [0.4, 0.5) is 0 Å². The van der Waals surface area contributed by atoms with Gasteiger partial charge in [-0.1, -0.05) is 13.0 Å². The van der Waals surface area contributed by atoms with Gasteiger partial charge in [-0.15, -0.1) is 0 Å². The van der Waals surface area contributed by atoms with Gasteiger partial charge in [-0.05, 0) is 6.42 Å². The summed E-state index contributed by atoms with van der Waals surface area (Å²) in [7, 11) is 1.40. The number of methoxy groups -OCH3 is 1. The fraction of sp³-hybridized carbons (Fsp3) is 0.700. The summed E-state index contributed by atoms with van der Waals surface area (Å²) >= 11 is 0. The lowest BCUT2D eigenvalue weighted by atomic mass is 10.2. The topological polar surface area (TPSA) is 47.6 Å². The highest BCUT2D eigenvalue weighted by molar-refractivity contribution is 5.88. The predicted octanol–water partition coefficient (Wildman–Crippen LogP) is 0.484. The van der Waals surface area contributed by atoms with E-state index in [2.05, 4.69) is 10.1 Å². The molecule has 0 radical (unpaired) electrons. The summed E-state index contributed by atoms with van der Waals surface area (Å²) in [6.45, 7) is 4.18. The molecule has 0 amide bonds. The third-order valence-corrected chi connectivity index (χ3v) is 2.22. The average molecular weight is 199 g/mol. The zero-order valence-corrected chi connectivity index (χ0v) is 8.71. The summed E-state index contributed by atoms with van der Waals surface area (Å²) in [5, 5.41) is 3.25. The van der Waals surface area contributed by atoms with Gasteiger partial charge in [-0.25, -0.2) is 4.79 Å². The number of rotatable bonds is 5. The molecular weight excluding hydrogens is 182 g/mol. The van der Waals surface area contributed by atoms with Crippen LogP contribution in [0.2, 0.25) is 0 Å². The van der Waals surface area contributed by atoms with Crippen molar-refractivity contribution in [1.82, 2.24) is 5.32 Å². The zero-order chi connectivity index (χ0) is 10.4. The lowest BCUT2D eigenvalue weighted by Crippen LogP contribution is -2.45. The Morgan fingerprint density at radius 1 is 1.64 bits per heavy atom. The Morgan fingerprint density at radius 2 is 2.36 bits per heavy atom. The average Bonchev–Trinajstić information content (AvgIpc) is 2.14. The molecule has 1 N–H and O–H groups in total. The van der Waals surface area contributed by atoms with E-state index in [0.717, 1.165) is 18.8 Å². The summed E-state index contributed by atoms with van der Waals surface area (Å²) in [5.41, 5.74) is 0.722. The van der Waals surface area contributed by atoms with Crippen molar-refractivity contribution in [3.63, 3.8) is 0 Å². The number of hydrogen-bond acceptors (Lipinski definition) is 4. The molecule has 0 bridgehead atoms. The Labute approximate surface area is 84.3 Å². The third-order valence-electron chi connectivity index (χ3n) is 2.22. The maximum absolute atomic E-state index is 11.2. The lowest BCUT2D eigenvalue weighted by molar-refractivity contribution is -0.136. The molecule has 80 valence electrons. The molecule has 1 aliphatic heterocycles. The molecule has 0 atom stereocenters. The second kappa shape index (κ2) is 5.78. The summed E-state index contributed by atoms with van der Waals surface area (Å²) in [4.78, 5) is 11.2. The summed E-state index contributed by atoms with van der Waals surface area (Å²) in [6.07, 6.45) is 2.58. The number of esters is 1. The first-order valence-corrected chi connectivity index (χ1v) is 4.86. The van der Waals surface area contributed by atoms with Crippen LogP contribution in [0.15, 0.2) is 11.6 Å². The highest BCUT2D eigenvalue weighted by Gasteiger charge is 2.16. The molecule has 1 fully saturated rings. The van der Waals surface area contributed by atoms with Gasteiger partial charge in [0, 0.05) is 12.1 Å². The zero-order valence-electron chi connectivity index (χ0n) is 8.71. The Bertz CT molecular complexity index is 221. The van der Waals surface area contributed by atoms with Crippen LogP contribution in [-0.2, 0) is 14.3 Å². The maximum Gasteiger partial charge on any atom is 0.333 e. The Balaban J connectivity index is 2.27. The molecule has 14 heavy (non-hydrogen) atoms. The third kappa shape index (κ3) is 3.12. The number of carbonyl (C=O) groups is 1. The van der Waals surface area contributed by atoms with Crippen LogP contribution in [0.25, 0.3) is 0 Å². The summed E-state index contributed by atoms with van der Waals surface area (Å²) in [5.74, 6) is -0.237. The Kier molecular flexibility index (Phi) is 4.62. The fourth-order valence-electron chi connectivity index (χ4n) is 1.21. The highest BCUT2D eigenvalue weighted by Crippen LogP contribution is 2.03. The van der Waals surface area contributed by atoms with E-state index in [9.17, 15) is 4.79 Å². The van der Waals surface area contributed by atoms with Crippen molar-refractivity contribution in [3.05, 3.63) is 11.6 Å². The second-order valence-electron chi connectivity index (χ2n) is 3.22. The van der Waals surface area contributed by atoms with Crippen LogP contribution in [-0.4, -0.2) is 38.9 Å². The molecule has 4 heteroatoms. The smallest absolute Gasteiger partial charge is 0.333 e. The van der Waals surface area contributed by atoms with Crippen molar-refractivity contribution in [2.75, 3.05) is 26.9 Å². The van der Waals surface area contributed by atoms with Crippen LogP contribution in [0.5, 0.6) is 0 Å². The monoisotopic (exact) mass is 199 g/mol. The van der Waals surface area contributed by atoms with Gasteiger partial charge < -0.3 is 14.8 Å². The number of nitrogens with one attached hydrogen (secondary N) is 1. The van der Waals surface area contributed by atoms with Gasteiger partial charge in [0.2, 0.25) is 0 Å². The van der Waals surface area contributed by atoms with Gasteiger partial charge in [-0.3, -0.25) is 0 Å². The number of hydrogen-bond donors (Lipinski definition) is 1. The van der Waals surface area contributed by atoms with Crippen molar-refractivity contribution >= 4 is 5.97 Å². The molecule has 1 aliphatic rings. The van der Waals surface area contributed by atoms with Gasteiger partial charge in [0.25, 0.3) is 0 Å². The minimum atomic E-state index is -0.237. The van der Waals surface area contributed by atoms with Crippen molar-refractivity contribution in [1.29, 1.82) is 0 Å². The first kappa shape index (κ1) is 11.2. The van der Waals surface area contributed by atoms with E-state index in [-0.39, 0.29) is 5.97 Å². The first-order chi connectivity index (χ1) is 6.77. The van der Waals surface area contributed by atoms with Gasteiger partial charge >= 0.3 is 5.97 Å². The maximum atomic E-state index is 11.2. The fourth-order valence-corrected chi connectivity index (χ4v) is 1.21. The standard InChI is InChI=1S/C10H17NO3/c1-3-8(10(12)13-2)4-5-11-9-6-14-7-9/h4,9,11H,3,5-7H2,1-2H3. The molecule has 0 aromatic heterocycles. The highest BCUT2D eigenvalue weighted by atomic mass is 16.5. The largest absolute Gasteiger partial charge is 0.466 e. The molecule has 1 saturated heterocycles. The van der Waals surface area contributed by atoms with E-state index in [0.29, 0.717) is 19.0 Å². The van der Waals surface area contributed by atoms with E-state index in [1.807, 2.05) is 13.0 Å².